The van der Waals surface area contributed by atoms with Gasteiger partial charge in [-0.25, -0.2) is 4.39 Å². The number of halogens is 4. The Hall–Kier alpha value is -1.26. The van der Waals surface area contributed by atoms with E-state index < -0.39 is 29.1 Å². The first kappa shape index (κ1) is 14.8. The first-order chi connectivity index (χ1) is 7.94. The van der Waals surface area contributed by atoms with Crippen LogP contribution >= 0.6 is 0 Å². The van der Waals surface area contributed by atoms with Crippen LogP contribution in [0.15, 0.2) is 12.1 Å². The fourth-order valence-electron chi connectivity index (χ4n) is 1.68. The lowest BCUT2D eigenvalue weighted by Gasteiger charge is -2.24. The monoisotopic (exact) mass is 264 g/mol. The first-order valence-corrected chi connectivity index (χ1v) is 5.54. The Kier molecular flexibility index (Phi) is 3.65. The minimum absolute atomic E-state index is 0.159. The van der Waals surface area contributed by atoms with Gasteiger partial charge in [0.05, 0.1) is 5.92 Å². The Morgan fingerprint density at radius 2 is 1.61 bits per heavy atom. The van der Waals surface area contributed by atoms with Crippen LogP contribution in [0, 0.1) is 5.82 Å². The van der Waals surface area contributed by atoms with E-state index in [2.05, 4.69) is 0 Å². The Morgan fingerprint density at radius 3 is 2.00 bits per heavy atom. The zero-order valence-electron chi connectivity index (χ0n) is 10.7. The molecule has 0 aliphatic carbocycles. The van der Waals surface area contributed by atoms with E-state index in [-0.39, 0.29) is 11.1 Å². The smallest absolute Gasteiger partial charge is 0.395 e. The van der Waals surface area contributed by atoms with Gasteiger partial charge in [0.2, 0.25) is 0 Å². The van der Waals surface area contributed by atoms with Crippen LogP contribution in [0.3, 0.4) is 0 Å². The number of hydrogen-bond donors (Lipinski definition) is 1. The van der Waals surface area contributed by atoms with Crippen LogP contribution in [-0.2, 0) is 5.41 Å². The predicted octanol–water partition coefficient (Wildman–Crippen LogP) is 4.49. The Morgan fingerprint density at radius 1 is 1.11 bits per heavy atom. The standard InChI is InChI=1S/C13H16F4O/c1-7(13(15,16)17)8-5-9(12(2,3)4)10(14)6-11(8)18/h5-7,18H,1-4H3. The fraction of sp³-hybridized carbons (Fsp3) is 0.538. The van der Waals surface area contributed by atoms with Crippen molar-refractivity contribution >= 4 is 0 Å². The van der Waals surface area contributed by atoms with Gasteiger partial charge in [0.1, 0.15) is 11.6 Å². The summed E-state index contributed by atoms with van der Waals surface area (Å²) in [6.07, 6.45) is -4.47. The summed E-state index contributed by atoms with van der Waals surface area (Å²) in [5.41, 5.74) is -0.766. The molecule has 0 bridgehead atoms. The zero-order chi connectivity index (χ0) is 14.3. The SMILES string of the molecule is CC(c1cc(C(C)(C)C)c(F)cc1O)C(F)(F)F. The topological polar surface area (TPSA) is 20.2 Å². The molecule has 0 fully saturated rings. The van der Waals surface area contributed by atoms with Crippen LogP contribution in [0.2, 0.25) is 0 Å². The van der Waals surface area contributed by atoms with E-state index in [1.54, 1.807) is 20.8 Å². The molecule has 0 heterocycles. The highest BCUT2D eigenvalue weighted by atomic mass is 19.4. The number of aromatic hydroxyl groups is 1. The van der Waals surface area contributed by atoms with Crippen molar-refractivity contribution in [1.29, 1.82) is 0 Å². The normalized spacial score (nSPS) is 14.7. The van der Waals surface area contributed by atoms with Crippen molar-refractivity contribution in [2.45, 2.75) is 45.2 Å². The molecule has 0 spiro atoms. The van der Waals surface area contributed by atoms with E-state index >= 15 is 0 Å². The van der Waals surface area contributed by atoms with Crippen LogP contribution in [0.5, 0.6) is 5.75 Å². The van der Waals surface area contributed by atoms with Gasteiger partial charge >= 0.3 is 6.18 Å². The molecule has 102 valence electrons. The van der Waals surface area contributed by atoms with Crippen molar-refractivity contribution in [3.8, 4) is 5.75 Å². The summed E-state index contributed by atoms with van der Waals surface area (Å²) >= 11 is 0. The molecule has 1 aromatic rings. The third-order valence-corrected chi connectivity index (χ3v) is 2.88. The van der Waals surface area contributed by atoms with E-state index in [1.165, 1.54) is 0 Å². The molecule has 1 rings (SSSR count). The highest BCUT2D eigenvalue weighted by Crippen LogP contribution is 2.40. The summed E-state index contributed by atoms with van der Waals surface area (Å²) in [6.45, 7) is 6.04. The number of hydrogen-bond acceptors (Lipinski definition) is 1. The van der Waals surface area contributed by atoms with Crippen molar-refractivity contribution in [2.24, 2.45) is 0 Å². The Bertz CT molecular complexity index is 444. The third kappa shape index (κ3) is 2.94. The molecule has 0 aliphatic heterocycles. The number of phenolic OH excluding ortho intramolecular Hbond substituents is 1. The van der Waals surface area contributed by atoms with Gasteiger partial charge < -0.3 is 5.11 Å². The Labute approximate surface area is 103 Å². The summed E-state index contributed by atoms with van der Waals surface area (Å²) in [4.78, 5) is 0. The van der Waals surface area contributed by atoms with Gasteiger partial charge in [0, 0.05) is 11.6 Å². The van der Waals surface area contributed by atoms with Crippen LogP contribution in [0.25, 0.3) is 0 Å². The minimum atomic E-state index is -4.47. The maximum Gasteiger partial charge on any atom is 0.395 e. The van der Waals surface area contributed by atoms with Gasteiger partial charge in [0.25, 0.3) is 0 Å². The van der Waals surface area contributed by atoms with Crippen molar-refractivity contribution < 1.29 is 22.7 Å². The second-order valence-electron chi connectivity index (χ2n) is 5.40. The number of alkyl halides is 3. The lowest BCUT2D eigenvalue weighted by atomic mass is 9.84. The van der Waals surface area contributed by atoms with Crippen LogP contribution in [0.4, 0.5) is 17.6 Å². The van der Waals surface area contributed by atoms with Gasteiger partial charge in [-0.3, -0.25) is 0 Å². The molecule has 1 nitrogen and oxygen atoms in total. The molecular formula is C13H16F4O. The van der Waals surface area contributed by atoms with E-state index in [4.69, 9.17) is 0 Å². The van der Waals surface area contributed by atoms with Gasteiger partial charge in [-0.15, -0.1) is 0 Å². The molecule has 0 saturated carbocycles. The number of benzene rings is 1. The average Bonchev–Trinajstić information content (AvgIpc) is 2.13. The second kappa shape index (κ2) is 4.44. The quantitative estimate of drug-likeness (QED) is 0.741. The summed E-state index contributed by atoms with van der Waals surface area (Å²) in [6, 6.07) is 1.85. The van der Waals surface area contributed by atoms with Gasteiger partial charge in [-0.1, -0.05) is 20.8 Å². The lowest BCUT2D eigenvalue weighted by Crippen LogP contribution is -2.20. The summed E-state index contributed by atoms with van der Waals surface area (Å²) in [5.74, 6) is -3.19. The lowest BCUT2D eigenvalue weighted by molar-refractivity contribution is -0.146. The minimum Gasteiger partial charge on any atom is -0.508 e. The van der Waals surface area contributed by atoms with Crippen LogP contribution in [-0.4, -0.2) is 11.3 Å². The van der Waals surface area contributed by atoms with E-state index in [0.717, 1.165) is 19.1 Å². The van der Waals surface area contributed by atoms with E-state index in [9.17, 15) is 22.7 Å². The number of phenols is 1. The van der Waals surface area contributed by atoms with Gasteiger partial charge in [-0.2, -0.15) is 13.2 Å². The van der Waals surface area contributed by atoms with E-state index in [1.807, 2.05) is 0 Å². The molecule has 5 heteroatoms. The summed E-state index contributed by atoms with van der Waals surface area (Å²) < 4.78 is 51.6. The maximum absolute atomic E-state index is 13.6. The molecule has 0 aliphatic rings. The Balaban J connectivity index is 3.39. The van der Waals surface area contributed by atoms with Gasteiger partial charge in [-0.05, 0) is 24.0 Å². The average molecular weight is 264 g/mol. The largest absolute Gasteiger partial charge is 0.508 e. The van der Waals surface area contributed by atoms with Crippen molar-refractivity contribution in [2.75, 3.05) is 0 Å². The molecule has 0 saturated heterocycles. The second-order valence-corrected chi connectivity index (χ2v) is 5.40. The molecule has 18 heavy (non-hydrogen) atoms. The van der Waals surface area contributed by atoms with Crippen LogP contribution < -0.4 is 0 Å². The fourth-order valence-corrected chi connectivity index (χ4v) is 1.68. The highest BCUT2D eigenvalue weighted by molar-refractivity contribution is 5.42. The molecule has 0 aromatic heterocycles. The molecule has 1 aromatic carbocycles. The van der Waals surface area contributed by atoms with Crippen molar-refractivity contribution in [1.82, 2.24) is 0 Å². The molecule has 0 radical (unpaired) electrons. The summed E-state index contributed by atoms with van der Waals surface area (Å²) in [5, 5.41) is 9.48. The predicted molar refractivity (Wildman–Crippen MR) is 61.2 cm³/mol. The molecule has 1 unspecified atom stereocenters. The molecular weight excluding hydrogens is 248 g/mol. The van der Waals surface area contributed by atoms with Gasteiger partial charge in [0.15, 0.2) is 0 Å². The summed E-state index contributed by atoms with van der Waals surface area (Å²) in [7, 11) is 0. The maximum atomic E-state index is 13.6. The number of rotatable bonds is 1. The van der Waals surface area contributed by atoms with E-state index in [0.29, 0.717) is 0 Å². The zero-order valence-corrected chi connectivity index (χ0v) is 10.7. The molecule has 1 N–H and O–H groups in total. The molecule has 1 atom stereocenters. The van der Waals surface area contributed by atoms with Crippen molar-refractivity contribution in [3.05, 3.63) is 29.1 Å². The van der Waals surface area contributed by atoms with Crippen LogP contribution in [0.1, 0.15) is 44.7 Å². The highest BCUT2D eigenvalue weighted by Gasteiger charge is 2.39. The first-order valence-electron chi connectivity index (χ1n) is 5.54. The van der Waals surface area contributed by atoms with Crippen molar-refractivity contribution in [3.63, 3.8) is 0 Å². The molecule has 0 amide bonds. The third-order valence-electron chi connectivity index (χ3n) is 2.88.